The fraction of sp³-hybridized carbons (Fsp3) is 0.308. The molecule has 0 saturated carbocycles. The molecule has 8 nitrogen and oxygen atoms in total. The first-order chi connectivity index (χ1) is 10.2. The van der Waals surface area contributed by atoms with Crippen molar-refractivity contribution in [1.82, 2.24) is 10.0 Å². The van der Waals surface area contributed by atoms with Crippen LogP contribution in [0.3, 0.4) is 0 Å². The molecule has 1 unspecified atom stereocenters. The molecule has 0 aliphatic carbocycles. The molecule has 0 aromatic heterocycles. The van der Waals surface area contributed by atoms with Gasteiger partial charge in [-0.05, 0) is 25.1 Å². The van der Waals surface area contributed by atoms with E-state index in [1.807, 2.05) is 4.72 Å². The smallest absolute Gasteiger partial charge is 0.337 e. The van der Waals surface area contributed by atoms with Crippen molar-refractivity contribution in [3.63, 3.8) is 0 Å². The van der Waals surface area contributed by atoms with Crippen LogP contribution in [0.1, 0.15) is 24.2 Å². The molecule has 0 bridgehead atoms. The fourth-order valence-electron chi connectivity index (χ4n) is 1.56. The van der Waals surface area contributed by atoms with E-state index < -0.39 is 33.8 Å². The van der Waals surface area contributed by atoms with Gasteiger partial charge >= 0.3 is 5.97 Å². The van der Waals surface area contributed by atoms with Crippen LogP contribution in [0.25, 0.3) is 0 Å². The molecule has 0 fully saturated rings. The van der Waals surface area contributed by atoms with Gasteiger partial charge in [0.2, 0.25) is 5.91 Å². The van der Waals surface area contributed by atoms with Crippen molar-refractivity contribution in [2.45, 2.75) is 24.8 Å². The Morgan fingerprint density at radius 3 is 2.41 bits per heavy atom. The van der Waals surface area contributed by atoms with E-state index in [0.717, 1.165) is 6.07 Å². The molecule has 0 aliphatic heterocycles. The second kappa shape index (κ2) is 7.03. The molecule has 22 heavy (non-hydrogen) atoms. The minimum atomic E-state index is -4.16. The summed E-state index contributed by atoms with van der Waals surface area (Å²) in [7, 11) is -3.00. The van der Waals surface area contributed by atoms with Crippen LogP contribution in [0, 0.1) is 0 Å². The summed E-state index contributed by atoms with van der Waals surface area (Å²) in [5, 5.41) is 2.27. The summed E-state index contributed by atoms with van der Waals surface area (Å²) >= 11 is 0. The summed E-state index contributed by atoms with van der Waals surface area (Å²) < 4.78 is 30.5. The molecule has 2 N–H and O–H groups in total. The van der Waals surface area contributed by atoms with E-state index in [0.29, 0.717) is 0 Å². The molecule has 0 radical (unpaired) electrons. The number of benzene rings is 1. The number of methoxy groups -OCH3 is 1. The zero-order valence-electron chi connectivity index (χ0n) is 12.2. The first-order valence-corrected chi connectivity index (χ1v) is 7.68. The first-order valence-electron chi connectivity index (χ1n) is 6.19. The summed E-state index contributed by atoms with van der Waals surface area (Å²) in [5.41, 5.74) is 0.0349. The van der Waals surface area contributed by atoms with Crippen LogP contribution in [-0.2, 0) is 24.3 Å². The highest BCUT2D eigenvalue weighted by atomic mass is 32.2. The lowest BCUT2D eigenvalue weighted by atomic mass is 10.2. The Balaban J connectivity index is 2.98. The number of nitrogens with one attached hydrogen (secondary N) is 2. The maximum absolute atomic E-state index is 12.1. The van der Waals surface area contributed by atoms with E-state index in [1.165, 1.54) is 39.2 Å². The van der Waals surface area contributed by atoms with Crippen LogP contribution >= 0.6 is 0 Å². The molecule has 2 amide bonds. The van der Waals surface area contributed by atoms with Crippen molar-refractivity contribution < 1.29 is 27.5 Å². The van der Waals surface area contributed by atoms with Gasteiger partial charge in [0.15, 0.2) is 0 Å². The molecule has 1 rings (SSSR count). The molecular formula is C13H16N2O6S. The largest absolute Gasteiger partial charge is 0.465 e. The van der Waals surface area contributed by atoms with Crippen LogP contribution in [-0.4, -0.2) is 39.4 Å². The number of hydrogen-bond donors (Lipinski definition) is 2. The monoisotopic (exact) mass is 328 g/mol. The molecule has 120 valence electrons. The van der Waals surface area contributed by atoms with Gasteiger partial charge in [-0.3, -0.25) is 9.59 Å². The minimum absolute atomic E-state index is 0.0349. The van der Waals surface area contributed by atoms with Crippen molar-refractivity contribution in [3.05, 3.63) is 29.8 Å². The maximum Gasteiger partial charge on any atom is 0.337 e. The van der Waals surface area contributed by atoms with Crippen LogP contribution in [0.4, 0.5) is 0 Å². The Kier molecular flexibility index (Phi) is 5.63. The Morgan fingerprint density at radius 1 is 1.23 bits per heavy atom. The second-order valence-electron chi connectivity index (χ2n) is 4.41. The van der Waals surface area contributed by atoms with Gasteiger partial charge in [-0.15, -0.1) is 0 Å². The summed E-state index contributed by atoms with van der Waals surface area (Å²) in [4.78, 5) is 33.7. The minimum Gasteiger partial charge on any atom is -0.465 e. The van der Waals surface area contributed by atoms with Gasteiger partial charge in [0.1, 0.15) is 6.04 Å². The van der Waals surface area contributed by atoms with Crippen molar-refractivity contribution in [2.24, 2.45) is 0 Å². The SMILES string of the molecule is COC(=O)c1cccc(S(=O)(=O)NC(=O)C(C)NC(C)=O)c1. The lowest BCUT2D eigenvalue weighted by Gasteiger charge is -2.13. The summed E-state index contributed by atoms with van der Waals surface area (Å²) in [6, 6.07) is 4.03. The summed E-state index contributed by atoms with van der Waals surface area (Å²) in [6.45, 7) is 2.55. The number of ether oxygens (including phenoxy) is 1. The van der Waals surface area contributed by atoms with E-state index >= 15 is 0 Å². The van der Waals surface area contributed by atoms with Crippen molar-refractivity contribution in [2.75, 3.05) is 7.11 Å². The molecule has 0 aliphatic rings. The lowest BCUT2D eigenvalue weighted by molar-refractivity contribution is -0.126. The Morgan fingerprint density at radius 2 is 1.86 bits per heavy atom. The number of hydrogen-bond acceptors (Lipinski definition) is 6. The van der Waals surface area contributed by atoms with Crippen LogP contribution in [0.5, 0.6) is 0 Å². The molecule has 1 aromatic carbocycles. The van der Waals surface area contributed by atoms with Gasteiger partial charge in [-0.1, -0.05) is 6.07 Å². The maximum atomic E-state index is 12.1. The Hall–Kier alpha value is -2.42. The lowest BCUT2D eigenvalue weighted by Crippen LogP contribution is -2.46. The topological polar surface area (TPSA) is 119 Å². The third-order valence-corrected chi connectivity index (χ3v) is 3.96. The van der Waals surface area contributed by atoms with Crippen molar-refractivity contribution in [3.8, 4) is 0 Å². The predicted molar refractivity (Wildman–Crippen MR) is 76.4 cm³/mol. The number of carbonyl (C=O) groups is 3. The standard InChI is InChI=1S/C13H16N2O6S/c1-8(14-9(2)16)12(17)15-22(19,20)11-6-4-5-10(7-11)13(18)21-3/h4-8H,1-3H3,(H,14,16)(H,15,17). The number of sulfonamides is 1. The molecule has 0 saturated heterocycles. The third kappa shape index (κ3) is 4.55. The van der Waals surface area contributed by atoms with Gasteiger partial charge < -0.3 is 10.1 Å². The first kappa shape index (κ1) is 17.6. The Bertz CT molecular complexity index is 698. The van der Waals surface area contributed by atoms with Gasteiger partial charge in [-0.2, -0.15) is 0 Å². The predicted octanol–water partition coefficient (Wildman–Crippen LogP) is -0.197. The van der Waals surface area contributed by atoms with Gasteiger partial charge in [0.25, 0.3) is 15.9 Å². The van der Waals surface area contributed by atoms with Gasteiger partial charge in [0.05, 0.1) is 17.6 Å². The number of amides is 2. The van der Waals surface area contributed by atoms with Crippen molar-refractivity contribution in [1.29, 1.82) is 0 Å². The van der Waals surface area contributed by atoms with Crippen LogP contribution in [0.15, 0.2) is 29.2 Å². The van der Waals surface area contributed by atoms with E-state index in [4.69, 9.17) is 0 Å². The molecule has 9 heteroatoms. The number of esters is 1. The average molecular weight is 328 g/mol. The third-order valence-electron chi connectivity index (χ3n) is 2.61. The van der Waals surface area contributed by atoms with Crippen LogP contribution < -0.4 is 10.0 Å². The Labute approximate surface area is 127 Å². The van der Waals surface area contributed by atoms with Crippen LogP contribution in [0.2, 0.25) is 0 Å². The van der Waals surface area contributed by atoms with E-state index in [9.17, 15) is 22.8 Å². The van der Waals surface area contributed by atoms with Gasteiger partial charge in [-0.25, -0.2) is 17.9 Å². The number of carbonyl (C=O) groups excluding carboxylic acids is 3. The summed E-state index contributed by atoms with van der Waals surface area (Å²) in [6.07, 6.45) is 0. The summed E-state index contributed by atoms with van der Waals surface area (Å²) in [5.74, 6) is -2.05. The van der Waals surface area contributed by atoms with E-state index in [-0.39, 0.29) is 10.5 Å². The van der Waals surface area contributed by atoms with Gasteiger partial charge in [0, 0.05) is 6.92 Å². The molecule has 1 aromatic rings. The van der Waals surface area contributed by atoms with E-state index in [1.54, 1.807) is 0 Å². The molecular weight excluding hydrogens is 312 g/mol. The molecule has 0 spiro atoms. The number of rotatable bonds is 5. The highest BCUT2D eigenvalue weighted by Crippen LogP contribution is 2.12. The molecule has 0 heterocycles. The van der Waals surface area contributed by atoms with Crippen molar-refractivity contribution >= 4 is 27.8 Å². The highest BCUT2D eigenvalue weighted by Gasteiger charge is 2.23. The average Bonchev–Trinajstić information content (AvgIpc) is 2.45. The zero-order chi connectivity index (χ0) is 16.9. The second-order valence-corrected chi connectivity index (χ2v) is 6.09. The quantitative estimate of drug-likeness (QED) is 0.723. The fourth-order valence-corrected chi connectivity index (χ4v) is 2.66. The zero-order valence-corrected chi connectivity index (χ0v) is 13.1. The normalized spacial score (nSPS) is 12.1. The molecule has 1 atom stereocenters. The highest BCUT2D eigenvalue weighted by molar-refractivity contribution is 7.90. The van der Waals surface area contributed by atoms with E-state index in [2.05, 4.69) is 10.1 Å².